The van der Waals surface area contributed by atoms with Crippen LogP contribution in [0, 0.1) is 0 Å². The zero-order valence-electron chi connectivity index (χ0n) is 15.0. The van der Waals surface area contributed by atoms with E-state index in [0.29, 0.717) is 12.4 Å². The number of carbonyl (C=O) groups excluding carboxylic acids is 3. The zero-order valence-corrected chi connectivity index (χ0v) is 15.0. The molecule has 9 nitrogen and oxygen atoms in total. The second-order valence-corrected chi connectivity index (χ2v) is 6.03. The van der Waals surface area contributed by atoms with Gasteiger partial charge in [-0.2, -0.15) is 0 Å². The van der Waals surface area contributed by atoms with Crippen molar-refractivity contribution in [2.24, 2.45) is 0 Å². The summed E-state index contributed by atoms with van der Waals surface area (Å²) in [5.74, 6) is -1.32. The van der Waals surface area contributed by atoms with Crippen molar-refractivity contribution in [3.63, 3.8) is 0 Å². The summed E-state index contributed by atoms with van der Waals surface area (Å²) in [4.78, 5) is 35.2. The second-order valence-electron chi connectivity index (χ2n) is 6.03. The summed E-state index contributed by atoms with van der Waals surface area (Å²) < 4.78 is 20.9. The van der Waals surface area contributed by atoms with Crippen molar-refractivity contribution >= 4 is 17.8 Å². The average molecular weight is 388 g/mol. The first-order valence-corrected chi connectivity index (χ1v) is 8.76. The SMILES string of the molecule is O=C(COC(=O)c1ccc(OC[C@@H]2CCCO2)cc1)NNC(=O)c1ccco1. The van der Waals surface area contributed by atoms with Gasteiger partial charge in [0.25, 0.3) is 5.91 Å². The van der Waals surface area contributed by atoms with Crippen LogP contribution in [0.1, 0.15) is 33.8 Å². The molecule has 28 heavy (non-hydrogen) atoms. The highest BCUT2D eigenvalue weighted by Gasteiger charge is 2.16. The van der Waals surface area contributed by atoms with Crippen molar-refractivity contribution in [2.75, 3.05) is 19.8 Å². The van der Waals surface area contributed by atoms with Gasteiger partial charge in [-0.25, -0.2) is 4.79 Å². The molecule has 148 valence electrons. The third-order valence-electron chi connectivity index (χ3n) is 3.94. The van der Waals surface area contributed by atoms with E-state index in [0.717, 1.165) is 19.4 Å². The van der Waals surface area contributed by atoms with Gasteiger partial charge >= 0.3 is 11.9 Å². The van der Waals surface area contributed by atoms with E-state index in [4.69, 9.17) is 18.6 Å². The Morgan fingerprint density at radius 1 is 1.11 bits per heavy atom. The van der Waals surface area contributed by atoms with Gasteiger partial charge in [0.2, 0.25) is 0 Å². The largest absolute Gasteiger partial charge is 0.491 e. The van der Waals surface area contributed by atoms with Gasteiger partial charge in [-0.15, -0.1) is 0 Å². The van der Waals surface area contributed by atoms with E-state index in [1.807, 2.05) is 0 Å². The molecule has 1 fully saturated rings. The van der Waals surface area contributed by atoms with Crippen LogP contribution < -0.4 is 15.6 Å². The fraction of sp³-hybridized carbons (Fsp3) is 0.316. The lowest BCUT2D eigenvalue weighted by atomic mass is 10.2. The Kier molecular flexibility index (Phi) is 6.64. The number of esters is 1. The molecular weight excluding hydrogens is 368 g/mol. The number of furan rings is 1. The van der Waals surface area contributed by atoms with Crippen LogP contribution >= 0.6 is 0 Å². The van der Waals surface area contributed by atoms with Crippen LogP contribution in [-0.4, -0.2) is 43.7 Å². The van der Waals surface area contributed by atoms with E-state index in [1.54, 1.807) is 24.3 Å². The lowest BCUT2D eigenvalue weighted by Crippen LogP contribution is -2.43. The Hall–Kier alpha value is -3.33. The molecule has 1 saturated heterocycles. The fourth-order valence-electron chi connectivity index (χ4n) is 2.50. The molecule has 3 rings (SSSR count). The Morgan fingerprint density at radius 2 is 1.93 bits per heavy atom. The average Bonchev–Trinajstić information content (AvgIpc) is 3.43. The van der Waals surface area contributed by atoms with E-state index in [2.05, 4.69) is 10.9 Å². The molecule has 1 aromatic heterocycles. The minimum absolute atomic E-state index is 0.0408. The summed E-state index contributed by atoms with van der Waals surface area (Å²) in [7, 11) is 0. The smallest absolute Gasteiger partial charge is 0.338 e. The molecule has 0 spiro atoms. The maximum Gasteiger partial charge on any atom is 0.338 e. The van der Waals surface area contributed by atoms with Gasteiger partial charge in [0.15, 0.2) is 12.4 Å². The van der Waals surface area contributed by atoms with Gasteiger partial charge in [0, 0.05) is 6.61 Å². The van der Waals surface area contributed by atoms with Crippen LogP contribution in [0.3, 0.4) is 0 Å². The highest BCUT2D eigenvalue weighted by Crippen LogP contribution is 2.17. The van der Waals surface area contributed by atoms with E-state index in [-0.39, 0.29) is 17.4 Å². The van der Waals surface area contributed by atoms with Gasteiger partial charge < -0.3 is 18.6 Å². The number of hydrazine groups is 1. The maximum absolute atomic E-state index is 12.0. The fourth-order valence-corrected chi connectivity index (χ4v) is 2.50. The van der Waals surface area contributed by atoms with Gasteiger partial charge in [-0.3, -0.25) is 20.4 Å². The van der Waals surface area contributed by atoms with E-state index in [1.165, 1.54) is 18.4 Å². The van der Waals surface area contributed by atoms with Gasteiger partial charge in [-0.1, -0.05) is 0 Å². The van der Waals surface area contributed by atoms with Crippen molar-refractivity contribution in [1.82, 2.24) is 10.9 Å². The molecular formula is C19H20N2O7. The topological polar surface area (TPSA) is 116 Å². The first-order valence-electron chi connectivity index (χ1n) is 8.76. The summed E-state index contributed by atoms with van der Waals surface area (Å²) in [5, 5.41) is 0. The number of nitrogens with one attached hydrogen (secondary N) is 2. The van der Waals surface area contributed by atoms with E-state index >= 15 is 0 Å². The maximum atomic E-state index is 12.0. The molecule has 1 aliphatic rings. The third kappa shape index (κ3) is 5.58. The number of benzene rings is 1. The summed E-state index contributed by atoms with van der Waals surface area (Å²) in [6.45, 7) is 0.682. The highest BCUT2D eigenvalue weighted by molar-refractivity contribution is 5.94. The zero-order chi connectivity index (χ0) is 19.8. The van der Waals surface area contributed by atoms with Crippen LogP contribution in [0.5, 0.6) is 5.75 Å². The van der Waals surface area contributed by atoms with E-state index in [9.17, 15) is 14.4 Å². The molecule has 0 bridgehead atoms. The molecule has 1 aromatic carbocycles. The van der Waals surface area contributed by atoms with Crippen LogP contribution in [0.4, 0.5) is 0 Å². The molecule has 2 amide bonds. The summed E-state index contributed by atoms with van der Waals surface area (Å²) in [6.07, 6.45) is 3.46. The number of hydrogen-bond acceptors (Lipinski definition) is 7. The van der Waals surface area contributed by atoms with Crippen molar-refractivity contribution in [3.05, 3.63) is 54.0 Å². The summed E-state index contributed by atoms with van der Waals surface area (Å²) in [5.41, 5.74) is 4.54. The van der Waals surface area contributed by atoms with Crippen molar-refractivity contribution in [2.45, 2.75) is 18.9 Å². The summed E-state index contributed by atoms with van der Waals surface area (Å²) >= 11 is 0. The molecule has 0 aliphatic carbocycles. The van der Waals surface area contributed by atoms with Crippen molar-refractivity contribution in [3.8, 4) is 5.75 Å². The molecule has 0 unspecified atom stereocenters. The standard InChI is InChI=1S/C19H20N2O7/c22-17(20-21-18(23)16-4-2-10-26-16)12-28-19(24)13-5-7-14(8-6-13)27-11-15-3-1-9-25-15/h2,4-8,10,15H,1,3,9,11-12H2,(H,20,22)(H,21,23)/t15-/m0/s1. The molecule has 0 radical (unpaired) electrons. The molecule has 0 saturated carbocycles. The molecule has 2 N–H and O–H groups in total. The molecule has 1 atom stereocenters. The number of carbonyl (C=O) groups is 3. The molecule has 9 heteroatoms. The molecule has 2 heterocycles. The number of rotatable bonds is 7. The lowest BCUT2D eigenvalue weighted by Gasteiger charge is -2.11. The number of amides is 2. The predicted octanol–water partition coefficient (Wildman–Crippen LogP) is 1.46. The number of ether oxygens (including phenoxy) is 3. The van der Waals surface area contributed by atoms with Crippen LogP contribution in [-0.2, 0) is 14.3 Å². The quantitative estimate of drug-likeness (QED) is 0.545. The van der Waals surface area contributed by atoms with Crippen LogP contribution in [0.25, 0.3) is 0 Å². The highest BCUT2D eigenvalue weighted by atomic mass is 16.5. The van der Waals surface area contributed by atoms with E-state index < -0.39 is 24.4 Å². The van der Waals surface area contributed by atoms with Gasteiger partial charge in [0.1, 0.15) is 12.4 Å². The first kappa shape index (κ1) is 19.4. The normalized spacial score (nSPS) is 15.6. The summed E-state index contributed by atoms with van der Waals surface area (Å²) in [6, 6.07) is 9.37. The second kappa shape index (κ2) is 9.56. The minimum atomic E-state index is -0.690. The Labute approximate surface area is 160 Å². The third-order valence-corrected chi connectivity index (χ3v) is 3.94. The van der Waals surface area contributed by atoms with Crippen molar-refractivity contribution < 1.29 is 33.0 Å². The Morgan fingerprint density at radius 3 is 2.61 bits per heavy atom. The Bertz CT molecular complexity index is 796. The van der Waals surface area contributed by atoms with Crippen LogP contribution in [0.15, 0.2) is 47.1 Å². The number of hydrogen-bond donors (Lipinski definition) is 2. The van der Waals surface area contributed by atoms with Crippen molar-refractivity contribution in [1.29, 1.82) is 0 Å². The lowest BCUT2D eigenvalue weighted by molar-refractivity contribution is -0.125. The van der Waals surface area contributed by atoms with Gasteiger partial charge in [0.05, 0.1) is 17.9 Å². The molecule has 1 aliphatic heterocycles. The Balaban J connectivity index is 1.37. The first-order chi connectivity index (χ1) is 13.6. The monoisotopic (exact) mass is 388 g/mol. The minimum Gasteiger partial charge on any atom is -0.491 e. The predicted molar refractivity (Wildman–Crippen MR) is 95.5 cm³/mol. The van der Waals surface area contributed by atoms with Crippen LogP contribution in [0.2, 0.25) is 0 Å². The molecule has 2 aromatic rings. The van der Waals surface area contributed by atoms with Gasteiger partial charge in [-0.05, 0) is 49.2 Å².